The van der Waals surface area contributed by atoms with Gasteiger partial charge in [-0.25, -0.2) is 4.99 Å². The number of nitrogens with one attached hydrogen (secondary N) is 1. The summed E-state index contributed by atoms with van der Waals surface area (Å²) in [5, 5.41) is 3.15. The number of carbonyl (C=O) groups excluding carboxylic acids is 2. The normalized spacial score (nSPS) is 18.7. The molecule has 0 fully saturated rings. The van der Waals surface area contributed by atoms with Crippen LogP contribution in [0.5, 0.6) is 0 Å². The van der Waals surface area contributed by atoms with Gasteiger partial charge < -0.3 is 5.32 Å². The van der Waals surface area contributed by atoms with Crippen LogP contribution in [-0.4, -0.2) is 39.0 Å². The minimum Gasteiger partial charge on any atom is -0.325 e. The molecule has 0 saturated heterocycles. The maximum atomic E-state index is 12.7. The first-order valence-electron chi connectivity index (χ1n) is 9.58. The first-order chi connectivity index (χ1) is 14.0. The molecule has 0 saturated carbocycles. The molecular formula is C22H22N4O2S. The van der Waals surface area contributed by atoms with E-state index in [1.165, 1.54) is 11.8 Å². The Balaban J connectivity index is 1.63. The molecule has 2 heterocycles. The molecule has 0 spiro atoms. The average Bonchev–Trinajstić information content (AvgIpc) is 3.06. The van der Waals surface area contributed by atoms with Crippen LogP contribution in [0.2, 0.25) is 0 Å². The molecule has 2 aliphatic rings. The van der Waals surface area contributed by atoms with Gasteiger partial charge >= 0.3 is 0 Å². The molecule has 1 N–H and O–H groups in total. The highest BCUT2D eigenvalue weighted by atomic mass is 32.2. The van der Waals surface area contributed by atoms with Crippen LogP contribution in [0.1, 0.15) is 26.3 Å². The van der Waals surface area contributed by atoms with Gasteiger partial charge in [-0.05, 0) is 37.1 Å². The molecule has 2 amide bonds. The number of anilines is 1. The Bertz CT molecular complexity index is 1020. The lowest BCUT2D eigenvalue weighted by molar-refractivity contribution is -0.120. The fourth-order valence-electron chi connectivity index (χ4n) is 3.43. The van der Waals surface area contributed by atoms with Crippen LogP contribution in [-0.2, 0) is 9.59 Å². The van der Waals surface area contributed by atoms with E-state index in [2.05, 4.69) is 10.3 Å². The molecule has 2 aromatic rings. The molecule has 2 aliphatic heterocycles. The average molecular weight is 407 g/mol. The third-order valence-electron chi connectivity index (χ3n) is 4.87. The van der Waals surface area contributed by atoms with Crippen molar-refractivity contribution >= 4 is 46.0 Å². The number of hydrogen-bond acceptors (Lipinski definition) is 5. The van der Waals surface area contributed by atoms with Crippen molar-refractivity contribution in [2.45, 2.75) is 32.1 Å². The molecule has 2 atom stereocenters. The monoisotopic (exact) mass is 406 g/mol. The van der Waals surface area contributed by atoms with Gasteiger partial charge in [-0.3, -0.25) is 14.5 Å². The van der Waals surface area contributed by atoms with Gasteiger partial charge in [-0.1, -0.05) is 55.9 Å². The predicted molar refractivity (Wildman–Crippen MR) is 118 cm³/mol. The second kappa shape index (κ2) is 7.83. The molecular weight excluding hydrogens is 384 g/mol. The van der Waals surface area contributed by atoms with Crippen LogP contribution in [0.4, 0.5) is 11.4 Å². The maximum absolute atomic E-state index is 12.7. The zero-order chi connectivity index (χ0) is 20.5. The summed E-state index contributed by atoms with van der Waals surface area (Å²) in [6.07, 6.45) is 0. The number of amidine groups is 2. The van der Waals surface area contributed by atoms with Gasteiger partial charge in [-0.15, -0.1) is 0 Å². The third-order valence-corrected chi connectivity index (χ3v) is 5.93. The number of carbonyl (C=O) groups is 2. The molecule has 7 heteroatoms. The van der Waals surface area contributed by atoms with E-state index in [0.29, 0.717) is 11.0 Å². The summed E-state index contributed by atoms with van der Waals surface area (Å²) in [6.45, 7) is 5.83. The van der Waals surface area contributed by atoms with Crippen LogP contribution in [0.25, 0.3) is 0 Å². The number of rotatable bonds is 4. The Morgan fingerprint density at radius 2 is 1.72 bits per heavy atom. The van der Waals surface area contributed by atoms with Gasteiger partial charge in [0, 0.05) is 11.3 Å². The Morgan fingerprint density at radius 1 is 1.03 bits per heavy atom. The molecule has 148 valence electrons. The summed E-state index contributed by atoms with van der Waals surface area (Å²) in [5.41, 5.74) is 2.35. The molecule has 6 nitrogen and oxygen atoms in total. The van der Waals surface area contributed by atoms with Crippen molar-refractivity contribution in [2.24, 2.45) is 15.9 Å². The lowest BCUT2D eigenvalue weighted by atomic mass is 10.0. The van der Waals surface area contributed by atoms with Crippen LogP contribution < -0.4 is 5.32 Å². The Kier molecular flexibility index (Phi) is 5.24. The van der Waals surface area contributed by atoms with Crippen LogP contribution in [0.15, 0.2) is 64.6 Å². The molecule has 0 radical (unpaired) electrons. The van der Waals surface area contributed by atoms with E-state index < -0.39 is 11.3 Å². The number of amides is 2. The van der Waals surface area contributed by atoms with E-state index in [1.54, 1.807) is 0 Å². The lowest BCUT2D eigenvalue weighted by Gasteiger charge is -2.33. The number of aliphatic imine (C=N–C) groups is 2. The van der Waals surface area contributed by atoms with Crippen molar-refractivity contribution in [1.29, 1.82) is 0 Å². The van der Waals surface area contributed by atoms with Crippen LogP contribution in [0, 0.1) is 5.92 Å². The summed E-state index contributed by atoms with van der Waals surface area (Å²) >= 11 is 1.34. The second-order valence-corrected chi connectivity index (χ2v) is 8.67. The highest BCUT2D eigenvalue weighted by Crippen LogP contribution is 2.36. The SMILES string of the molecule is CC(SC1=Nc2ccccc2C2=NC(=O)C(C(C)C)N12)C(=O)Nc1ccccc1. The van der Waals surface area contributed by atoms with E-state index in [4.69, 9.17) is 4.99 Å². The van der Waals surface area contributed by atoms with Gasteiger partial charge in [0.25, 0.3) is 5.91 Å². The highest BCUT2D eigenvalue weighted by molar-refractivity contribution is 8.14. The maximum Gasteiger partial charge on any atom is 0.271 e. The molecule has 2 aromatic carbocycles. The van der Waals surface area contributed by atoms with Gasteiger partial charge in [-0.2, -0.15) is 4.99 Å². The summed E-state index contributed by atoms with van der Waals surface area (Å²) in [7, 11) is 0. The predicted octanol–water partition coefficient (Wildman–Crippen LogP) is 4.06. The number of nitrogens with zero attached hydrogens (tertiary/aromatic N) is 3. The van der Waals surface area contributed by atoms with E-state index in [-0.39, 0.29) is 17.7 Å². The number of thioether (sulfide) groups is 1. The number of benzene rings is 2. The van der Waals surface area contributed by atoms with E-state index in [1.807, 2.05) is 80.3 Å². The van der Waals surface area contributed by atoms with Crippen molar-refractivity contribution in [3.8, 4) is 0 Å². The first-order valence-corrected chi connectivity index (χ1v) is 10.5. The highest BCUT2D eigenvalue weighted by Gasteiger charge is 2.43. The van der Waals surface area contributed by atoms with Crippen LogP contribution >= 0.6 is 11.8 Å². The fourth-order valence-corrected chi connectivity index (χ4v) is 4.37. The largest absolute Gasteiger partial charge is 0.325 e. The quantitative estimate of drug-likeness (QED) is 0.831. The van der Waals surface area contributed by atoms with Crippen molar-refractivity contribution in [1.82, 2.24) is 4.90 Å². The van der Waals surface area contributed by atoms with Gasteiger partial charge in [0.05, 0.1) is 10.9 Å². The Morgan fingerprint density at radius 3 is 2.45 bits per heavy atom. The number of fused-ring (bicyclic) bond motifs is 3. The van der Waals surface area contributed by atoms with Gasteiger partial charge in [0.15, 0.2) is 5.17 Å². The topological polar surface area (TPSA) is 74.1 Å². The Labute approximate surface area is 174 Å². The zero-order valence-electron chi connectivity index (χ0n) is 16.5. The van der Waals surface area contributed by atoms with Crippen molar-refractivity contribution < 1.29 is 9.59 Å². The Hall–Kier alpha value is -2.93. The van der Waals surface area contributed by atoms with E-state index >= 15 is 0 Å². The molecule has 2 unspecified atom stereocenters. The van der Waals surface area contributed by atoms with Crippen molar-refractivity contribution in [2.75, 3.05) is 5.32 Å². The van der Waals surface area contributed by atoms with Crippen LogP contribution in [0.3, 0.4) is 0 Å². The molecule has 0 aliphatic carbocycles. The standard InChI is InChI=1S/C22H22N4O2S/c1-13(2)18-21(28)25-19-16-11-7-8-12-17(16)24-22(26(18)19)29-14(3)20(27)23-15-9-5-4-6-10-15/h4-14,18H,1-3H3,(H,23,27). The minimum absolute atomic E-state index is 0.0632. The van der Waals surface area contributed by atoms with Gasteiger partial charge in [0.2, 0.25) is 5.91 Å². The summed E-state index contributed by atoms with van der Waals surface area (Å²) in [5.74, 6) is 0.403. The van der Waals surface area contributed by atoms with Crippen molar-refractivity contribution in [3.63, 3.8) is 0 Å². The smallest absolute Gasteiger partial charge is 0.271 e. The molecule has 4 rings (SSSR count). The summed E-state index contributed by atoms with van der Waals surface area (Å²) in [4.78, 5) is 36.3. The van der Waals surface area contributed by atoms with E-state index in [9.17, 15) is 9.59 Å². The number of hydrogen-bond donors (Lipinski definition) is 1. The van der Waals surface area contributed by atoms with Gasteiger partial charge in [0.1, 0.15) is 11.9 Å². The second-order valence-electron chi connectivity index (χ2n) is 7.36. The molecule has 29 heavy (non-hydrogen) atoms. The summed E-state index contributed by atoms with van der Waals surface area (Å²) < 4.78 is 0. The summed E-state index contributed by atoms with van der Waals surface area (Å²) in [6, 6.07) is 16.6. The lowest BCUT2D eigenvalue weighted by Crippen LogP contribution is -2.47. The number of para-hydroxylation sites is 2. The first kappa shape index (κ1) is 19.4. The minimum atomic E-state index is -0.408. The molecule has 0 bridgehead atoms. The fraction of sp³-hybridized carbons (Fsp3) is 0.273. The molecule has 0 aromatic heterocycles. The zero-order valence-corrected chi connectivity index (χ0v) is 17.3. The van der Waals surface area contributed by atoms with E-state index in [0.717, 1.165) is 16.9 Å². The third kappa shape index (κ3) is 3.70. The van der Waals surface area contributed by atoms with Crippen molar-refractivity contribution in [3.05, 3.63) is 60.2 Å².